The fourth-order valence-electron chi connectivity index (χ4n) is 2.58. The maximum Gasteiger partial charge on any atom is 0.244 e. The van der Waals surface area contributed by atoms with Crippen LogP contribution in [0, 0.1) is 5.92 Å². The van der Waals surface area contributed by atoms with Crippen molar-refractivity contribution in [2.24, 2.45) is 11.7 Å². The minimum absolute atomic E-state index is 0.149. The van der Waals surface area contributed by atoms with Gasteiger partial charge in [-0.3, -0.25) is 19.8 Å². The first-order chi connectivity index (χ1) is 7.11. The van der Waals surface area contributed by atoms with Crippen LogP contribution in [0.15, 0.2) is 0 Å². The number of likely N-dealkylation sites (tertiary alicyclic amines) is 1. The van der Waals surface area contributed by atoms with Gasteiger partial charge in [0, 0.05) is 12.6 Å². The Morgan fingerprint density at radius 1 is 1.53 bits per heavy atom. The van der Waals surface area contributed by atoms with Crippen molar-refractivity contribution >= 4 is 11.8 Å². The number of hydrogen-bond acceptors (Lipinski definition) is 4. The summed E-state index contributed by atoms with van der Waals surface area (Å²) in [6, 6.07) is 0.0873. The zero-order chi connectivity index (χ0) is 11.0. The molecule has 2 aliphatic rings. The third-order valence-corrected chi connectivity index (χ3v) is 3.39. The third-order valence-electron chi connectivity index (χ3n) is 3.39. The number of nitrogens with two attached hydrogens (primary N) is 1. The van der Waals surface area contributed by atoms with Crippen molar-refractivity contribution in [3.05, 3.63) is 0 Å². The van der Waals surface area contributed by atoms with E-state index in [1.807, 2.05) is 0 Å². The molecule has 15 heavy (non-hydrogen) atoms. The Kier molecular flexibility index (Phi) is 2.75. The molecule has 3 atom stereocenters. The summed E-state index contributed by atoms with van der Waals surface area (Å²) in [4.78, 5) is 24.7. The number of rotatable bonds is 2. The molecule has 5 heteroatoms. The monoisotopic (exact) mass is 211 g/mol. The number of imide groups is 1. The molecule has 3 unspecified atom stereocenters. The van der Waals surface area contributed by atoms with Crippen molar-refractivity contribution in [3.63, 3.8) is 0 Å². The number of nitrogens with zero attached hydrogens (tertiary/aromatic N) is 1. The highest BCUT2D eigenvalue weighted by Crippen LogP contribution is 2.26. The molecule has 2 aliphatic heterocycles. The van der Waals surface area contributed by atoms with E-state index >= 15 is 0 Å². The third kappa shape index (κ3) is 1.89. The normalized spacial score (nSPS) is 37.3. The smallest absolute Gasteiger partial charge is 0.244 e. The van der Waals surface area contributed by atoms with Gasteiger partial charge in [0.1, 0.15) is 0 Å². The van der Waals surface area contributed by atoms with E-state index in [-0.39, 0.29) is 17.9 Å². The standard InChI is InChI=1S/C10H17N3O2/c1-6-2-7(4-11)5-13(6)8-3-9(14)12-10(8)15/h6-8H,2-5,11H2,1H3,(H,12,14,15). The topological polar surface area (TPSA) is 75.4 Å². The van der Waals surface area contributed by atoms with Crippen LogP contribution in [0.2, 0.25) is 0 Å². The number of amides is 2. The molecule has 2 amide bonds. The van der Waals surface area contributed by atoms with E-state index in [1.54, 1.807) is 0 Å². The molecule has 2 rings (SSSR count). The molecule has 0 radical (unpaired) electrons. The Hall–Kier alpha value is -0.940. The maximum absolute atomic E-state index is 11.5. The summed E-state index contributed by atoms with van der Waals surface area (Å²) in [6.07, 6.45) is 1.33. The lowest BCUT2D eigenvalue weighted by Gasteiger charge is -2.25. The lowest BCUT2D eigenvalue weighted by Crippen LogP contribution is -2.42. The van der Waals surface area contributed by atoms with Gasteiger partial charge in [0.15, 0.2) is 0 Å². The van der Waals surface area contributed by atoms with Crippen LogP contribution < -0.4 is 11.1 Å². The first-order valence-electron chi connectivity index (χ1n) is 5.41. The summed E-state index contributed by atoms with van der Waals surface area (Å²) in [5.41, 5.74) is 5.62. The van der Waals surface area contributed by atoms with E-state index in [1.165, 1.54) is 0 Å². The molecule has 0 spiro atoms. The van der Waals surface area contributed by atoms with Crippen molar-refractivity contribution < 1.29 is 9.59 Å². The number of carbonyl (C=O) groups excluding carboxylic acids is 2. The zero-order valence-corrected chi connectivity index (χ0v) is 8.90. The SMILES string of the molecule is CC1CC(CN)CN1C1CC(=O)NC1=O. The van der Waals surface area contributed by atoms with Crippen LogP contribution in [-0.4, -0.2) is 41.9 Å². The van der Waals surface area contributed by atoms with Crippen molar-refractivity contribution in [1.82, 2.24) is 10.2 Å². The van der Waals surface area contributed by atoms with Crippen LogP contribution >= 0.6 is 0 Å². The van der Waals surface area contributed by atoms with E-state index < -0.39 is 0 Å². The molecule has 3 N–H and O–H groups in total. The van der Waals surface area contributed by atoms with E-state index in [2.05, 4.69) is 17.1 Å². The van der Waals surface area contributed by atoms with Crippen LogP contribution in [0.1, 0.15) is 19.8 Å². The quantitative estimate of drug-likeness (QED) is 0.579. The van der Waals surface area contributed by atoms with Gasteiger partial charge >= 0.3 is 0 Å². The minimum Gasteiger partial charge on any atom is -0.330 e. The lowest BCUT2D eigenvalue weighted by molar-refractivity contribution is -0.126. The summed E-state index contributed by atoms with van der Waals surface area (Å²) in [6.45, 7) is 3.58. The van der Waals surface area contributed by atoms with Gasteiger partial charge in [0.05, 0.1) is 12.5 Å². The molecule has 0 aromatic heterocycles. The van der Waals surface area contributed by atoms with Gasteiger partial charge in [-0.15, -0.1) is 0 Å². The summed E-state index contributed by atoms with van der Waals surface area (Å²) in [5.74, 6) is 0.154. The summed E-state index contributed by atoms with van der Waals surface area (Å²) >= 11 is 0. The predicted molar refractivity (Wildman–Crippen MR) is 54.9 cm³/mol. The number of nitrogens with one attached hydrogen (secondary N) is 1. The highest BCUT2D eigenvalue weighted by molar-refractivity contribution is 6.05. The van der Waals surface area contributed by atoms with E-state index in [4.69, 9.17) is 5.73 Å². The van der Waals surface area contributed by atoms with Crippen LogP contribution in [0.5, 0.6) is 0 Å². The molecule has 0 saturated carbocycles. The maximum atomic E-state index is 11.5. The van der Waals surface area contributed by atoms with E-state index in [0.717, 1.165) is 13.0 Å². The van der Waals surface area contributed by atoms with Gasteiger partial charge in [0.2, 0.25) is 11.8 Å². The summed E-state index contributed by atoms with van der Waals surface area (Å²) in [7, 11) is 0. The first kappa shape index (κ1) is 10.6. The average Bonchev–Trinajstić information content (AvgIpc) is 2.69. The van der Waals surface area contributed by atoms with Crippen LogP contribution in [0.3, 0.4) is 0 Å². The molecule has 0 aromatic rings. The van der Waals surface area contributed by atoms with E-state index in [9.17, 15) is 9.59 Å². The van der Waals surface area contributed by atoms with Crippen LogP contribution in [0.25, 0.3) is 0 Å². The Bertz CT molecular complexity index is 292. The summed E-state index contributed by atoms with van der Waals surface area (Å²) < 4.78 is 0. The number of hydrogen-bond donors (Lipinski definition) is 2. The van der Waals surface area contributed by atoms with Gasteiger partial charge in [-0.2, -0.15) is 0 Å². The molecule has 0 bridgehead atoms. The predicted octanol–water partition coefficient (Wildman–Crippen LogP) is -0.929. The largest absolute Gasteiger partial charge is 0.330 e. The summed E-state index contributed by atoms with van der Waals surface area (Å²) in [5, 5.41) is 2.35. The second-order valence-corrected chi connectivity index (χ2v) is 4.52. The van der Waals surface area contributed by atoms with Crippen molar-refractivity contribution in [2.45, 2.75) is 31.8 Å². The molecule has 0 aromatic carbocycles. The zero-order valence-electron chi connectivity index (χ0n) is 8.90. The molecule has 0 aliphatic carbocycles. The van der Waals surface area contributed by atoms with Gasteiger partial charge in [-0.05, 0) is 25.8 Å². The molecule has 5 nitrogen and oxygen atoms in total. The molecule has 84 valence electrons. The van der Waals surface area contributed by atoms with E-state index in [0.29, 0.717) is 24.9 Å². The fourth-order valence-corrected chi connectivity index (χ4v) is 2.58. The molecular formula is C10H17N3O2. The van der Waals surface area contributed by atoms with Crippen LogP contribution in [-0.2, 0) is 9.59 Å². The molecule has 2 heterocycles. The average molecular weight is 211 g/mol. The van der Waals surface area contributed by atoms with Crippen molar-refractivity contribution in [2.75, 3.05) is 13.1 Å². The highest BCUT2D eigenvalue weighted by atomic mass is 16.2. The second kappa shape index (κ2) is 3.90. The first-order valence-corrected chi connectivity index (χ1v) is 5.41. The van der Waals surface area contributed by atoms with Gasteiger partial charge in [0.25, 0.3) is 0 Å². The van der Waals surface area contributed by atoms with Crippen molar-refractivity contribution in [3.8, 4) is 0 Å². The van der Waals surface area contributed by atoms with Gasteiger partial charge in [-0.25, -0.2) is 0 Å². The number of carbonyl (C=O) groups is 2. The Morgan fingerprint density at radius 3 is 2.73 bits per heavy atom. The minimum atomic E-state index is -0.260. The highest BCUT2D eigenvalue weighted by Gasteiger charge is 2.41. The van der Waals surface area contributed by atoms with Crippen molar-refractivity contribution in [1.29, 1.82) is 0 Å². The van der Waals surface area contributed by atoms with Gasteiger partial charge < -0.3 is 5.73 Å². The van der Waals surface area contributed by atoms with Gasteiger partial charge in [-0.1, -0.05) is 0 Å². The van der Waals surface area contributed by atoms with Crippen LogP contribution in [0.4, 0.5) is 0 Å². The Morgan fingerprint density at radius 2 is 2.27 bits per heavy atom. The lowest BCUT2D eigenvalue weighted by atomic mass is 10.1. The molecular weight excluding hydrogens is 194 g/mol. The Balaban J connectivity index is 2.05. The molecule has 2 fully saturated rings. The second-order valence-electron chi connectivity index (χ2n) is 4.52. The Labute approximate surface area is 89.0 Å². The fraction of sp³-hybridized carbons (Fsp3) is 0.800. The molecule has 2 saturated heterocycles.